The van der Waals surface area contributed by atoms with Gasteiger partial charge < -0.3 is 9.47 Å². The second kappa shape index (κ2) is 10.3. The molecule has 3 aromatic rings. The quantitative estimate of drug-likeness (QED) is 0.208. The number of nitro groups is 1. The number of methoxy groups -OCH3 is 1. The first-order chi connectivity index (χ1) is 16.8. The van der Waals surface area contributed by atoms with Crippen LogP contribution in [0.1, 0.15) is 24.1 Å². The minimum Gasteiger partial charge on any atom is -0.460 e. The standard InChI is InChI=1S/C24H20ClN3O6S/c1-14-20(23(30)34-11-10-33-2)21(17-8-3-4-9-18(17)25)27-22(29)19(35-24(27)26-14)13-15-6-5-7-16(12-15)28(31)32/h3-9,12-13,21H,10-11H2,1-2H3/b19-13-/t21-/m1/s1. The molecule has 0 bridgehead atoms. The van der Waals surface area contributed by atoms with Crippen molar-refractivity contribution in [3.05, 3.63) is 106 Å². The van der Waals surface area contributed by atoms with Gasteiger partial charge in [0.1, 0.15) is 12.6 Å². The minimum absolute atomic E-state index is 0.0402. The van der Waals surface area contributed by atoms with Crippen LogP contribution in [0.25, 0.3) is 6.08 Å². The zero-order chi connectivity index (χ0) is 25.1. The van der Waals surface area contributed by atoms with Crippen LogP contribution >= 0.6 is 22.9 Å². The van der Waals surface area contributed by atoms with E-state index in [1.165, 1.54) is 23.8 Å². The fourth-order valence-corrected chi connectivity index (χ4v) is 5.03. The van der Waals surface area contributed by atoms with Crippen molar-refractivity contribution < 1.29 is 19.2 Å². The number of thiazole rings is 1. The molecule has 1 aliphatic rings. The van der Waals surface area contributed by atoms with Gasteiger partial charge in [0, 0.05) is 24.3 Å². The van der Waals surface area contributed by atoms with Crippen LogP contribution in [-0.2, 0) is 14.3 Å². The first-order valence-corrected chi connectivity index (χ1v) is 11.7. The number of carbonyl (C=O) groups excluding carboxylic acids is 1. The number of halogens is 1. The van der Waals surface area contributed by atoms with Crippen molar-refractivity contribution in [1.29, 1.82) is 0 Å². The number of nitrogens with zero attached hydrogens (tertiary/aromatic N) is 3. The summed E-state index contributed by atoms with van der Waals surface area (Å²) in [6.07, 6.45) is 1.57. The van der Waals surface area contributed by atoms with E-state index in [1.54, 1.807) is 49.4 Å². The second-order valence-corrected chi connectivity index (χ2v) is 9.00. The minimum atomic E-state index is -0.859. The molecule has 0 amide bonds. The highest BCUT2D eigenvalue weighted by atomic mass is 35.5. The van der Waals surface area contributed by atoms with Crippen LogP contribution in [0, 0.1) is 10.1 Å². The van der Waals surface area contributed by atoms with Crippen molar-refractivity contribution in [2.24, 2.45) is 4.99 Å². The number of rotatable bonds is 7. The van der Waals surface area contributed by atoms with Crippen molar-refractivity contribution in [1.82, 2.24) is 4.57 Å². The highest BCUT2D eigenvalue weighted by molar-refractivity contribution is 7.07. The number of non-ortho nitro benzene ring substituents is 1. The van der Waals surface area contributed by atoms with E-state index in [9.17, 15) is 19.7 Å². The Hall–Kier alpha value is -3.60. The number of allylic oxidation sites excluding steroid dienone is 1. The van der Waals surface area contributed by atoms with Gasteiger partial charge in [0.25, 0.3) is 11.2 Å². The molecule has 180 valence electrons. The molecule has 1 aliphatic heterocycles. The van der Waals surface area contributed by atoms with Crippen molar-refractivity contribution >= 4 is 40.7 Å². The maximum absolute atomic E-state index is 13.6. The van der Waals surface area contributed by atoms with E-state index in [4.69, 9.17) is 21.1 Å². The topological polar surface area (TPSA) is 113 Å². The summed E-state index contributed by atoms with van der Waals surface area (Å²) >= 11 is 7.62. The molecule has 9 nitrogen and oxygen atoms in total. The highest BCUT2D eigenvalue weighted by Gasteiger charge is 2.34. The molecule has 0 N–H and O–H groups in total. The summed E-state index contributed by atoms with van der Waals surface area (Å²) in [6, 6.07) is 12.1. The SMILES string of the molecule is COCCOC(=O)C1=C(C)N=c2s/c(=C\c3cccc([N+](=O)[O-])c3)c(=O)n2[C@@H]1c1ccccc1Cl. The fourth-order valence-electron chi connectivity index (χ4n) is 3.75. The van der Waals surface area contributed by atoms with E-state index < -0.39 is 22.5 Å². The van der Waals surface area contributed by atoms with Crippen molar-refractivity contribution in [2.45, 2.75) is 13.0 Å². The highest BCUT2D eigenvalue weighted by Crippen LogP contribution is 2.34. The Morgan fingerprint density at radius 2 is 2.03 bits per heavy atom. The zero-order valence-corrected chi connectivity index (χ0v) is 20.3. The average Bonchev–Trinajstić information content (AvgIpc) is 3.13. The fraction of sp³-hybridized carbons (Fsp3) is 0.208. The molecular formula is C24H20ClN3O6S. The van der Waals surface area contributed by atoms with Crippen LogP contribution in [0.15, 0.2) is 69.6 Å². The largest absolute Gasteiger partial charge is 0.460 e. The lowest BCUT2D eigenvalue weighted by molar-refractivity contribution is -0.384. The van der Waals surface area contributed by atoms with Gasteiger partial charge in [0.05, 0.1) is 27.3 Å². The van der Waals surface area contributed by atoms with E-state index in [-0.39, 0.29) is 24.5 Å². The summed E-state index contributed by atoms with van der Waals surface area (Å²) in [7, 11) is 1.50. The summed E-state index contributed by atoms with van der Waals surface area (Å²) in [6.45, 7) is 1.94. The van der Waals surface area contributed by atoms with Gasteiger partial charge in [-0.1, -0.05) is 53.3 Å². The van der Waals surface area contributed by atoms with E-state index in [0.717, 1.165) is 11.3 Å². The summed E-state index contributed by atoms with van der Waals surface area (Å²) in [5, 5.41) is 11.5. The number of hydrogen-bond donors (Lipinski definition) is 0. The Kier molecular flexibility index (Phi) is 7.25. The lowest BCUT2D eigenvalue weighted by atomic mass is 9.96. The van der Waals surface area contributed by atoms with E-state index >= 15 is 0 Å². The predicted octanol–water partition coefficient (Wildman–Crippen LogP) is 2.99. The number of benzene rings is 2. The average molecular weight is 514 g/mol. The summed E-state index contributed by atoms with van der Waals surface area (Å²) in [5.41, 5.74) is 1.15. The first kappa shape index (κ1) is 24.5. The lowest BCUT2D eigenvalue weighted by Crippen LogP contribution is -2.40. The van der Waals surface area contributed by atoms with Crippen molar-refractivity contribution in [2.75, 3.05) is 20.3 Å². The number of esters is 1. The predicted molar refractivity (Wildman–Crippen MR) is 131 cm³/mol. The van der Waals surface area contributed by atoms with Gasteiger partial charge >= 0.3 is 5.97 Å². The van der Waals surface area contributed by atoms with Gasteiger partial charge in [-0.15, -0.1) is 0 Å². The molecule has 1 atom stereocenters. The number of aromatic nitrogens is 1. The molecule has 35 heavy (non-hydrogen) atoms. The smallest absolute Gasteiger partial charge is 0.338 e. The molecule has 2 aromatic carbocycles. The maximum atomic E-state index is 13.6. The van der Waals surface area contributed by atoms with Crippen LogP contribution in [0.3, 0.4) is 0 Å². The first-order valence-electron chi connectivity index (χ1n) is 10.5. The summed E-state index contributed by atoms with van der Waals surface area (Å²) < 4.78 is 12.0. The Morgan fingerprint density at radius 3 is 2.74 bits per heavy atom. The lowest BCUT2D eigenvalue weighted by Gasteiger charge is -2.25. The second-order valence-electron chi connectivity index (χ2n) is 7.58. The Morgan fingerprint density at radius 1 is 1.26 bits per heavy atom. The maximum Gasteiger partial charge on any atom is 0.338 e. The van der Waals surface area contributed by atoms with Gasteiger partial charge in [-0.25, -0.2) is 9.79 Å². The molecule has 0 saturated heterocycles. The van der Waals surface area contributed by atoms with Crippen LogP contribution in [0.2, 0.25) is 5.02 Å². The molecule has 0 saturated carbocycles. The molecule has 0 radical (unpaired) electrons. The molecule has 0 aliphatic carbocycles. The van der Waals surface area contributed by atoms with Gasteiger partial charge in [0.15, 0.2) is 4.80 Å². The van der Waals surface area contributed by atoms with Gasteiger partial charge in [-0.2, -0.15) is 0 Å². The van der Waals surface area contributed by atoms with Crippen LogP contribution in [0.4, 0.5) is 5.69 Å². The van der Waals surface area contributed by atoms with E-state index in [1.807, 2.05) is 0 Å². The van der Waals surface area contributed by atoms with E-state index in [0.29, 0.717) is 31.2 Å². The zero-order valence-electron chi connectivity index (χ0n) is 18.8. The van der Waals surface area contributed by atoms with Gasteiger partial charge in [-0.3, -0.25) is 19.5 Å². The molecule has 11 heteroatoms. The number of nitro benzene ring substituents is 1. The van der Waals surface area contributed by atoms with Crippen LogP contribution in [0.5, 0.6) is 0 Å². The van der Waals surface area contributed by atoms with Crippen LogP contribution in [-0.4, -0.2) is 35.8 Å². The van der Waals surface area contributed by atoms with E-state index in [2.05, 4.69) is 4.99 Å². The Labute approximate surface area is 208 Å². The number of hydrogen-bond acceptors (Lipinski definition) is 8. The third-order valence-corrected chi connectivity index (χ3v) is 6.67. The molecule has 0 fully saturated rings. The molecular weight excluding hydrogens is 494 g/mol. The molecule has 0 spiro atoms. The Balaban J connectivity index is 1.90. The van der Waals surface area contributed by atoms with Crippen molar-refractivity contribution in [3.8, 4) is 0 Å². The normalized spacial score (nSPS) is 15.5. The van der Waals surface area contributed by atoms with Gasteiger partial charge in [0.2, 0.25) is 0 Å². The summed E-state index contributed by atoms with van der Waals surface area (Å²) in [5.74, 6) is -0.624. The third-order valence-electron chi connectivity index (χ3n) is 5.34. The number of ether oxygens (including phenoxy) is 2. The molecule has 4 rings (SSSR count). The number of fused-ring (bicyclic) bond motifs is 1. The Bertz CT molecular complexity index is 1520. The molecule has 0 unspecified atom stereocenters. The van der Waals surface area contributed by atoms with Crippen molar-refractivity contribution in [3.63, 3.8) is 0 Å². The molecule has 1 aromatic heterocycles. The molecule has 2 heterocycles. The third kappa shape index (κ3) is 4.95. The monoisotopic (exact) mass is 513 g/mol. The van der Waals surface area contributed by atoms with Gasteiger partial charge in [-0.05, 0) is 30.2 Å². The summed E-state index contributed by atoms with van der Waals surface area (Å²) in [4.78, 5) is 42.2. The van der Waals surface area contributed by atoms with Crippen LogP contribution < -0.4 is 14.9 Å². The number of carbonyl (C=O) groups is 1.